The summed E-state index contributed by atoms with van der Waals surface area (Å²) in [6.07, 6.45) is 1.95. The molecular formula is C17H26BrN3O2SSi. The summed E-state index contributed by atoms with van der Waals surface area (Å²) in [7, 11) is -0.141. The molecule has 0 aliphatic heterocycles. The third-order valence-electron chi connectivity index (χ3n) is 4.36. The molecule has 0 aliphatic rings. The van der Waals surface area contributed by atoms with Crippen LogP contribution in [-0.2, 0) is 22.5 Å². The summed E-state index contributed by atoms with van der Waals surface area (Å²) in [5.41, 5.74) is 0.882. The Hall–Kier alpha value is -0.803. The van der Waals surface area contributed by atoms with E-state index < -0.39 is 8.32 Å². The Kier molecular flexibility index (Phi) is 6.78. The number of thiazole rings is 1. The van der Waals surface area contributed by atoms with Crippen LogP contribution >= 0.6 is 27.3 Å². The van der Waals surface area contributed by atoms with E-state index in [1.165, 1.54) is 0 Å². The Morgan fingerprint density at radius 3 is 2.68 bits per heavy atom. The minimum atomic E-state index is -1.81. The molecule has 0 saturated carbocycles. The fourth-order valence-electron chi connectivity index (χ4n) is 1.86. The lowest BCUT2D eigenvalue weighted by Gasteiger charge is -2.36. The van der Waals surface area contributed by atoms with Crippen molar-refractivity contribution in [1.29, 1.82) is 0 Å². The molecule has 0 unspecified atom stereocenters. The van der Waals surface area contributed by atoms with Crippen LogP contribution in [0.2, 0.25) is 18.1 Å². The van der Waals surface area contributed by atoms with Crippen molar-refractivity contribution < 1.29 is 9.16 Å². The third-order valence-corrected chi connectivity index (χ3v) is 10.1. The highest BCUT2D eigenvalue weighted by Crippen LogP contribution is 2.37. The number of nitrogens with zero attached hydrogens (tertiary/aromatic N) is 3. The van der Waals surface area contributed by atoms with Gasteiger partial charge < -0.3 is 9.16 Å². The molecular weight excluding hydrogens is 418 g/mol. The molecule has 0 atom stereocenters. The van der Waals surface area contributed by atoms with E-state index >= 15 is 0 Å². The summed E-state index contributed by atoms with van der Waals surface area (Å²) in [6.45, 7) is 12.2. The van der Waals surface area contributed by atoms with Crippen molar-refractivity contribution in [2.24, 2.45) is 4.99 Å². The average Bonchev–Trinajstić information content (AvgIpc) is 2.91. The number of methoxy groups -OCH3 is 1. The number of hydrogen-bond acceptors (Lipinski definition) is 5. The highest BCUT2D eigenvalue weighted by Gasteiger charge is 2.37. The Bertz CT molecular complexity index is 781. The van der Waals surface area contributed by atoms with Gasteiger partial charge in [-0.1, -0.05) is 36.7 Å². The standard InChI is InChI=1S/C17H26BrN3O2SSi/c1-17(2,3)25(5,6)23-11-14-9-13(18)10-15(19-14)20-16-21(12-22-4)7-8-24-16/h7-10H,11-12H2,1-6H3/b20-16-. The summed E-state index contributed by atoms with van der Waals surface area (Å²) in [6, 6.07) is 3.90. The Morgan fingerprint density at radius 2 is 2.04 bits per heavy atom. The molecule has 0 aromatic carbocycles. The van der Waals surface area contributed by atoms with Crippen LogP contribution in [0.4, 0.5) is 5.82 Å². The largest absolute Gasteiger partial charge is 0.411 e. The molecule has 2 rings (SSSR count). The van der Waals surface area contributed by atoms with Crippen LogP contribution in [0.5, 0.6) is 0 Å². The molecule has 5 nitrogen and oxygen atoms in total. The first kappa shape index (κ1) is 20.5. The molecule has 2 aromatic heterocycles. The zero-order valence-electron chi connectivity index (χ0n) is 15.7. The number of ether oxygens (including phenoxy) is 1. The van der Waals surface area contributed by atoms with Gasteiger partial charge in [-0.2, -0.15) is 0 Å². The predicted molar refractivity (Wildman–Crippen MR) is 108 cm³/mol. The van der Waals surface area contributed by atoms with Crippen molar-refractivity contribution in [3.63, 3.8) is 0 Å². The zero-order valence-corrected chi connectivity index (χ0v) is 19.1. The fourth-order valence-corrected chi connectivity index (χ4v) is 4.00. The van der Waals surface area contributed by atoms with Crippen LogP contribution in [0, 0.1) is 0 Å². The Labute approximate surface area is 163 Å². The lowest BCUT2D eigenvalue weighted by molar-refractivity contribution is 0.129. The first-order chi connectivity index (χ1) is 11.6. The lowest BCUT2D eigenvalue weighted by atomic mass is 10.2. The minimum Gasteiger partial charge on any atom is -0.411 e. The van der Waals surface area contributed by atoms with Gasteiger partial charge in [0.25, 0.3) is 0 Å². The van der Waals surface area contributed by atoms with Gasteiger partial charge in [0.15, 0.2) is 18.9 Å². The van der Waals surface area contributed by atoms with E-state index in [0.29, 0.717) is 19.2 Å². The van der Waals surface area contributed by atoms with Gasteiger partial charge in [0.1, 0.15) is 6.73 Å². The van der Waals surface area contributed by atoms with Gasteiger partial charge in [-0.25, -0.2) is 9.98 Å². The van der Waals surface area contributed by atoms with Gasteiger partial charge in [-0.3, -0.25) is 4.57 Å². The van der Waals surface area contributed by atoms with E-state index in [1.807, 2.05) is 28.3 Å². The van der Waals surface area contributed by atoms with E-state index in [2.05, 4.69) is 59.8 Å². The molecule has 0 spiro atoms. The molecule has 25 heavy (non-hydrogen) atoms. The topological polar surface area (TPSA) is 48.6 Å². The monoisotopic (exact) mass is 443 g/mol. The summed E-state index contributed by atoms with van der Waals surface area (Å²) < 4.78 is 14.4. The van der Waals surface area contributed by atoms with E-state index in [1.54, 1.807) is 18.4 Å². The quantitative estimate of drug-likeness (QED) is 0.585. The molecule has 2 heterocycles. The van der Waals surface area contributed by atoms with Gasteiger partial charge in [-0.15, -0.1) is 11.3 Å². The summed E-state index contributed by atoms with van der Waals surface area (Å²) in [4.78, 5) is 10.1. The van der Waals surface area contributed by atoms with Crippen molar-refractivity contribution in [1.82, 2.24) is 9.55 Å². The summed E-state index contributed by atoms with van der Waals surface area (Å²) >= 11 is 5.11. The van der Waals surface area contributed by atoms with Gasteiger partial charge in [0, 0.05) is 23.2 Å². The number of rotatable bonds is 6. The van der Waals surface area contributed by atoms with E-state index in [-0.39, 0.29) is 5.04 Å². The SMILES string of the molecule is COCn1ccs/c1=N\c1cc(Br)cc(CO[Si](C)(C)C(C)(C)C)n1. The van der Waals surface area contributed by atoms with E-state index in [9.17, 15) is 0 Å². The molecule has 0 aliphatic carbocycles. The van der Waals surface area contributed by atoms with Gasteiger partial charge in [0.2, 0.25) is 0 Å². The highest BCUT2D eigenvalue weighted by molar-refractivity contribution is 9.10. The normalized spacial score (nSPS) is 13.5. The number of hydrogen-bond donors (Lipinski definition) is 0. The van der Waals surface area contributed by atoms with Crippen LogP contribution in [0.15, 0.2) is 33.2 Å². The van der Waals surface area contributed by atoms with Crippen molar-refractivity contribution in [2.75, 3.05) is 7.11 Å². The maximum Gasteiger partial charge on any atom is 0.193 e. The maximum atomic E-state index is 6.28. The zero-order chi connectivity index (χ0) is 18.7. The number of halogens is 1. The van der Waals surface area contributed by atoms with Gasteiger partial charge in [0.05, 0.1) is 12.3 Å². The third kappa shape index (κ3) is 5.59. The fraction of sp³-hybridized carbons (Fsp3) is 0.529. The maximum absolute atomic E-state index is 6.28. The molecule has 0 fully saturated rings. The minimum absolute atomic E-state index is 0.175. The molecule has 2 aromatic rings. The van der Waals surface area contributed by atoms with Crippen molar-refractivity contribution >= 4 is 41.4 Å². The second-order valence-corrected chi connectivity index (χ2v) is 14.0. The first-order valence-electron chi connectivity index (χ1n) is 8.10. The van der Waals surface area contributed by atoms with Crippen LogP contribution in [0.25, 0.3) is 0 Å². The molecule has 8 heteroatoms. The van der Waals surface area contributed by atoms with Crippen LogP contribution in [0.3, 0.4) is 0 Å². The smallest absolute Gasteiger partial charge is 0.193 e. The second-order valence-electron chi connectivity index (χ2n) is 7.37. The second kappa shape index (κ2) is 8.26. The first-order valence-corrected chi connectivity index (χ1v) is 12.7. The van der Waals surface area contributed by atoms with Crippen LogP contribution < -0.4 is 4.80 Å². The van der Waals surface area contributed by atoms with Crippen LogP contribution in [0.1, 0.15) is 26.5 Å². The van der Waals surface area contributed by atoms with Gasteiger partial charge >= 0.3 is 0 Å². The molecule has 0 amide bonds. The molecule has 0 saturated heterocycles. The van der Waals surface area contributed by atoms with Gasteiger partial charge in [-0.05, 0) is 30.3 Å². The summed E-state index contributed by atoms with van der Waals surface area (Å²) in [5.74, 6) is 0.663. The molecule has 0 bridgehead atoms. The average molecular weight is 444 g/mol. The number of pyridine rings is 1. The number of aromatic nitrogens is 2. The van der Waals surface area contributed by atoms with Crippen molar-refractivity contribution in [3.8, 4) is 0 Å². The highest BCUT2D eigenvalue weighted by atomic mass is 79.9. The summed E-state index contributed by atoms with van der Waals surface area (Å²) in [5, 5.41) is 2.16. The van der Waals surface area contributed by atoms with Crippen molar-refractivity contribution in [2.45, 2.75) is 52.2 Å². The van der Waals surface area contributed by atoms with E-state index in [0.717, 1.165) is 15.0 Å². The Balaban J connectivity index is 2.25. The molecule has 138 valence electrons. The predicted octanol–water partition coefficient (Wildman–Crippen LogP) is 5.07. The lowest BCUT2D eigenvalue weighted by Crippen LogP contribution is -2.40. The Morgan fingerprint density at radius 1 is 1.32 bits per heavy atom. The van der Waals surface area contributed by atoms with E-state index in [4.69, 9.17) is 9.16 Å². The van der Waals surface area contributed by atoms with Crippen LogP contribution in [-0.4, -0.2) is 25.0 Å². The molecule has 0 radical (unpaired) electrons. The van der Waals surface area contributed by atoms with Crippen molar-refractivity contribution in [3.05, 3.63) is 38.7 Å². The molecule has 0 N–H and O–H groups in total.